The summed E-state index contributed by atoms with van der Waals surface area (Å²) in [5, 5.41) is 14.3. The van der Waals surface area contributed by atoms with Crippen LogP contribution in [-0.2, 0) is 9.47 Å². The van der Waals surface area contributed by atoms with Crippen molar-refractivity contribution in [3.05, 3.63) is 23.4 Å². The van der Waals surface area contributed by atoms with Crippen LogP contribution in [0.3, 0.4) is 0 Å². The van der Waals surface area contributed by atoms with Crippen molar-refractivity contribution in [2.24, 2.45) is 0 Å². The van der Waals surface area contributed by atoms with Gasteiger partial charge in [0.2, 0.25) is 11.8 Å². The Hall–Kier alpha value is -2.48. The number of nitrogens with one attached hydrogen (secondary N) is 2. The Morgan fingerprint density at radius 3 is 1.38 bits per heavy atom. The third-order valence-corrected chi connectivity index (χ3v) is 7.13. The molecule has 2 aromatic rings. The van der Waals surface area contributed by atoms with Crippen molar-refractivity contribution in [1.29, 1.82) is 0 Å². The molecule has 2 aromatic heterocycles. The number of rotatable bonds is 12. The molecular formula is C25H42N6O6S2. The number of hydrogen-bond acceptors (Lipinski definition) is 12. The lowest BCUT2D eigenvalue weighted by molar-refractivity contribution is 0.0489. The maximum atomic E-state index is 12.5. The maximum Gasteiger partial charge on any atom is 0.408 e. The summed E-state index contributed by atoms with van der Waals surface area (Å²) < 4.78 is 21.7. The van der Waals surface area contributed by atoms with Crippen LogP contribution >= 0.6 is 23.5 Å². The van der Waals surface area contributed by atoms with Crippen LogP contribution in [-0.4, -0.2) is 60.3 Å². The zero-order chi connectivity index (χ0) is 29.4. The van der Waals surface area contributed by atoms with Crippen molar-refractivity contribution in [1.82, 2.24) is 30.9 Å². The molecule has 0 aliphatic rings. The summed E-state index contributed by atoms with van der Waals surface area (Å²) in [4.78, 5) is 33.8. The predicted octanol–water partition coefficient (Wildman–Crippen LogP) is 5.96. The lowest BCUT2D eigenvalue weighted by Crippen LogP contribution is -2.36. The molecule has 2 N–H and O–H groups in total. The minimum absolute atomic E-state index is 0.0863. The molecule has 2 heterocycles. The van der Waals surface area contributed by atoms with E-state index in [9.17, 15) is 9.59 Å². The van der Waals surface area contributed by atoms with Crippen LogP contribution in [0.15, 0.2) is 9.05 Å². The fourth-order valence-electron chi connectivity index (χ4n) is 2.89. The van der Waals surface area contributed by atoms with E-state index in [2.05, 4.69) is 30.9 Å². The molecule has 0 bridgehead atoms. The van der Waals surface area contributed by atoms with Gasteiger partial charge in [-0.05, 0) is 41.5 Å². The number of carbonyl (C=O) groups excluding carboxylic acids is 2. The van der Waals surface area contributed by atoms with E-state index in [0.29, 0.717) is 40.0 Å². The minimum Gasteiger partial charge on any atom is -0.444 e. The van der Waals surface area contributed by atoms with Crippen LogP contribution in [0.5, 0.6) is 0 Å². The van der Waals surface area contributed by atoms with Crippen molar-refractivity contribution in [3.63, 3.8) is 0 Å². The summed E-state index contributed by atoms with van der Waals surface area (Å²) in [6.45, 7) is 18.6. The van der Waals surface area contributed by atoms with E-state index in [4.69, 9.17) is 18.5 Å². The summed E-state index contributed by atoms with van der Waals surface area (Å²) in [6, 6.07) is -1.07. The van der Waals surface area contributed by atoms with Gasteiger partial charge < -0.3 is 29.2 Å². The molecule has 0 aliphatic heterocycles. The fourth-order valence-corrected chi connectivity index (χ4v) is 5.05. The second-order valence-corrected chi connectivity index (χ2v) is 14.0. The lowest BCUT2D eigenvalue weighted by Gasteiger charge is -2.22. The second-order valence-electron chi connectivity index (χ2n) is 11.5. The number of amides is 2. The van der Waals surface area contributed by atoms with Crippen LogP contribution in [0, 0.1) is 0 Å². The molecule has 0 radical (unpaired) electrons. The summed E-state index contributed by atoms with van der Waals surface area (Å²) in [5.74, 6) is 2.87. The standard InChI is InChI=1S/C25H42N6O6S2/c1-14(2)18-28-20(36-30-18)16(26-22(32)34-24(5,6)7)11-38-13-39-12-17(27-23(33)35-25(8,9)10)21-29-19(15(3)4)31-37-21/h14-17H,11-13H2,1-10H3,(H,26,32)(H,27,33)/t16-,17-/m0/s1. The van der Waals surface area contributed by atoms with Gasteiger partial charge in [-0.2, -0.15) is 9.97 Å². The van der Waals surface area contributed by atoms with Gasteiger partial charge in [0.15, 0.2) is 11.6 Å². The molecular weight excluding hydrogens is 544 g/mol. The summed E-state index contributed by atoms with van der Waals surface area (Å²) in [6.07, 6.45) is -1.13. The number of alkyl carbamates (subject to hydrolysis) is 2. The van der Waals surface area contributed by atoms with E-state index in [1.807, 2.05) is 27.7 Å². The van der Waals surface area contributed by atoms with Crippen molar-refractivity contribution < 1.29 is 28.1 Å². The molecule has 0 saturated heterocycles. The van der Waals surface area contributed by atoms with E-state index in [-0.39, 0.29) is 11.8 Å². The number of nitrogens with zero attached hydrogens (tertiary/aromatic N) is 4. The number of carbonyl (C=O) groups is 2. The highest BCUT2D eigenvalue weighted by Crippen LogP contribution is 2.26. The molecule has 39 heavy (non-hydrogen) atoms. The van der Waals surface area contributed by atoms with Crippen molar-refractivity contribution in [3.8, 4) is 0 Å². The van der Waals surface area contributed by atoms with Gasteiger partial charge in [0.1, 0.15) is 23.3 Å². The Bertz CT molecular complexity index is 978. The van der Waals surface area contributed by atoms with Gasteiger partial charge in [-0.3, -0.25) is 0 Å². The molecule has 0 unspecified atom stereocenters. The van der Waals surface area contributed by atoms with Crippen LogP contribution in [0.25, 0.3) is 0 Å². The molecule has 0 fully saturated rings. The first kappa shape index (κ1) is 32.7. The number of aromatic nitrogens is 4. The molecule has 0 spiro atoms. The van der Waals surface area contributed by atoms with Gasteiger partial charge in [0.25, 0.3) is 0 Å². The highest BCUT2D eigenvalue weighted by Gasteiger charge is 2.27. The first-order valence-electron chi connectivity index (χ1n) is 12.9. The van der Waals surface area contributed by atoms with Gasteiger partial charge in [0, 0.05) is 28.4 Å². The van der Waals surface area contributed by atoms with Gasteiger partial charge in [-0.1, -0.05) is 38.0 Å². The van der Waals surface area contributed by atoms with Crippen LogP contribution in [0.1, 0.15) is 117 Å². The molecule has 0 aliphatic carbocycles. The average molecular weight is 587 g/mol. The van der Waals surface area contributed by atoms with E-state index >= 15 is 0 Å². The quantitative estimate of drug-likeness (QED) is 0.223. The summed E-state index contributed by atoms with van der Waals surface area (Å²) in [7, 11) is 0. The number of hydrogen-bond donors (Lipinski definition) is 2. The van der Waals surface area contributed by atoms with Gasteiger partial charge in [-0.25, -0.2) is 9.59 Å². The zero-order valence-electron chi connectivity index (χ0n) is 24.5. The van der Waals surface area contributed by atoms with Gasteiger partial charge in [-0.15, -0.1) is 23.5 Å². The molecule has 2 rings (SSSR count). The normalized spacial score (nSPS) is 13.8. The topological polar surface area (TPSA) is 154 Å². The first-order chi connectivity index (χ1) is 18.0. The highest BCUT2D eigenvalue weighted by molar-refractivity contribution is 8.16. The summed E-state index contributed by atoms with van der Waals surface area (Å²) in [5.41, 5.74) is -1.29. The Balaban J connectivity index is 2.02. The van der Waals surface area contributed by atoms with E-state index in [0.717, 1.165) is 0 Å². The first-order valence-corrected chi connectivity index (χ1v) is 15.2. The number of ether oxygens (including phenoxy) is 2. The third-order valence-electron chi connectivity index (χ3n) is 4.66. The fraction of sp³-hybridized carbons (Fsp3) is 0.760. The van der Waals surface area contributed by atoms with Gasteiger partial charge >= 0.3 is 12.2 Å². The lowest BCUT2D eigenvalue weighted by atomic mass is 10.2. The third kappa shape index (κ3) is 12.1. The molecule has 0 aromatic carbocycles. The maximum absolute atomic E-state index is 12.5. The Morgan fingerprint density at radius 2 is 1.10 bits per heavy atom. The van der Waals surface area contributed by atoms with Crippen LogP contribution < -0.4 is 10.6 Å². The van der Waals surface area contributed by atoms with E-state index in [1.165, 1.54) is 0 Å². The van der Waals surface area contributed by atoms with Crippen molar-refractivity contribution in [2.45, 2.75) is 104 Å². The second kappa shape index (κ2) is 14.2. The molecule has 12 nitrogen and oxygen atoms in total. The van der Waals surface area contributed by atoms with Crippen molar-refractivity contribution >= 4 is 35.7 Å². The number of thioether (sulfide) groups is 2. The Labute approximate surface area is 238 Å². The average Bonchev–Trinajstić information content (AvgIpc) is 3.45. The van der Waals surface area contributed by atoms with Crippen LogP contribution in [0.4, 0.5) is 9.59 Å². The molecule has 14 heteroatoms. The zero-order valence-corrected chi connectivity index (χ0v) is 26.1. The highest BCUT2D eigenvalue weighted by atomic mass is 32.2. The van der Waals surface area contributed by atoms with Crippen molar-refractivity contribution in [2.75, 3.05) is 16.6 Å². The van der Waals surface area contributed by atoms with E-state index < -0.39 is 35.5 Å². The largest absolute Gasteiger partial charge is 0.444 e. The Morgan fingerprint density at radius 1 is 0.744 bits per heavy atom. The van der Waals surface area contributed by atoms with Gasteiger partial charge in [0.05, 0.1) is 0 Å². The smallest absolute Gasteiger partial charge is 0.408 e. The predicted molar refractivity (Wildman–Crippen MR) is 151 cm³/mol. The minimum atomic E-state index is -0.643. The molecule has 2 atom stereocenters. The molecule has 220 valence electrons. The molecule has 0 saturated carbocycles. The van der Waals surface area contributed by atoms with Crippen LogP contribution in [0.2, 0.25) is 0 Å². The van der Waals surface area contributed by atoms with E-state index in [1.54, 1.807) is 65.1 Å². The Kier molecular flexibility index (Phi) is 12.0. The molecule has 2 amide bonds. The monoisotopic (exact) mass is 586 g/mol. The summed E-state index contributed by atoms with van der Waals surface area (Å²) >= 11 is 3.13. The SMILES string of the molecule is CC(C)c1noc([C@H](CSCSC[C@H](NC(=O)OC(C)(C)C)c2nc(C(C)C)no2)NC(=O)OC(C)(C)C)n1.